The van der Waals surface area contributed by atoms with Crippen LogP contribution in [0.5, 0.6) is 0 Å². The lowest BCUT2D eigenvalue weighted by atomic mass is 9.97. The summed E-state index contributed by atoms with van der Waals surface area (Å²) in [5, 5.41) is 0.638. The average molecular weight is 363 g/mol. The highest BCUT2D eigenvalue weighted by Gasteiger charge is 2.14. The minimum Gasteiger partial charge on any atom is -0.206 e. The van der Waals surface area contributed by atoms with E-state index in [9.17, 15) is 13.2 Å². The zero-order valence-corrected chi connectivity index (χ0v) is 14.6. The van der Waals surface area contributed by atoms with Crippen LogP contribution in [0.15, 0.2) is 42.5 Å². The van der Waals surface area contributed by atoms with Gasteiger partial charge in [-0.15, -0.1) is 0 Å². The molecular weight excluding hydrogens is 345 g/mol. The third-order valence-electron chi connectivity index (χ3n) is 4.38. The van der Waals surface area contributed by atoms with Crippen molar-refractivity contribution >= 4 is 22.4 Å². The molecule has 3 rings (SSSR count). The van der Waals surface area contributed by atoms with Crippen molar-refractivity contribution in [2.24, 2.45) is 0 Å². The second-order valence-electron chi connectivity index (χ2n) is 6.19. The van der Waals surface area contributed by atoms with E-state index < -0.39 is 22.5 Å². The van der Waals surface area contributed by atoms with Gasteiger partial charge in [-0.2, -0.15) is 0 Å². The van der Waals surface area contributed by atoms with Gasteiger partial charge in [0.15, 0.2) is 0 Å². The standard InChI is InChI=1S/C21H18ClF3/c1-2-3-4-5-13-6-8-16-14(10-13)7-9-17(21(16)25)15-11-18(23)20(22)19(24)12-15/h6-12H,2-5H2,1H3. The fourth-order valence-corrected chi connectivity index (χ4v) is 3.12. The first kappa shape index (κ1) is 17.8. The van der Waals surface area contributed by atoms with Gasteiger partial charge in [-0.05, 0) is 41.5 Å². The molecule has 3 aromatic rings. The molecule has 0 heterocycles. The Kier molecular flexibility index (Phi) is 5.33. The molecule has 0 unspecified atom stereocenters. The Morgan fingerprint density at radius 2 is 1.60 bits per heavy atom. The molecule has 0 aliphatic rings. The van der Waals surface area contributed by atoms with Crippen LogP contribution in [-0.2, 0) is 6.42 Å². The normalized spacial score (nSPS) is 11.2. The van der Waals surface area contributed by atoms with Crippen molar-refractivity contribution < 1.29 is 13.2 Å². The van der Waals surface area contributed by atoms with Gasteiger partial charge in [0.05, 0.1) is 0 Å². The van der Waals surface area contributed by atoms with Crippen molar-refractivity contribution in [1.82, 2.24) is 0 Å². The second-order valence-corrected chi connectivity index (χ2v) is 6.57. The number of hydrogen-bond donors (Lipinski definition) is 0. The first-order valence-electron chi connectivity index (χ1n) is 8.37. The molecule has 0 aliphatic carbocycles. The monoisotopic (exact) mass is 362 g/mol. The van der Waals surface area contributed by atoms with E-state index in [2.05, 4.69) is 6.92 Å². The molecule has 0 saturated carbocycles. The van der Waals surface area contributed by atoms with Crippen LogP contribution < -0.4 is 0 Å². The topological polar surface area (TPSA) is 0 Å². The van der Waals surface area contributed by atoms with Crippen LogP contribution in [0.25, 0.3) is 21.9 Å². The predicted octanol–water partition coefficient (Wildman–Crippen LogP) is 7.31. The largest absolute Gasteiger partial charge is 0.206 e. The third kappa shape index (κ3) is 3.67. The van der Waals surface area contributed by atoms with E-state index in [1.165, 1.54) is 6.42 Å². The summed E-state index contributed by atoms with van der Waals surface area (Å²) in [4.78, 5) is 0. The molecule has 0 spiro atoms. The Balaban J connectivity index is 2.01. The predicted molar refractivity (Wildman–Crippen MR) is 97.5 cm³/mol. The van der Waals surface area contributed by atoms with E-state index in [1.807, 2.05) is 12.1 Å². The highest BCUT2D eigenvalue weighted by Crippen LogP contribution is 2.32. The summed E-state index contributed by atoms with van der Waals surface area (Å²) in [6.07, 6.45) is 4.38. The Morgan fingerprint density at radius 3 is 2.28 bits per heavy atom. The summed E-state index contributed by atoms with van der Waals surface area (Å²) in [7, 11) is 0. The first-order valence-corrected chi connectivity index (χ1v) is 8.75. The first-order chi connectivity index (χ1) is 12.0. The molecule has 0 aliphatic heterocycles. The summed E-state index contributed by atoms with van der Waals surface area (Å²) >= 11 is 5.50. The highest BCUT2D eigenvalue weighted by atomic mass is 35.5. The van der Waals surface area contributed by atoms with E-state index >= 15 is 0 Å². The van der Waals surface area contributed by atoms with Crippen molar-refractivity contribution in [3.05, 3.63) is 70.5 Å². The molecule has 0 fully saturated rings. The van der Waals surface area contributed by atoms with Gasteiger partial charge in [0.2, 0.25) is 0 Å². The van der Waals surface area contributed by atoms with Gasteiger partial charge < -0.3 is 0 Å². The Labute approximate surface area is 150 Å². The van der Waals surface area contributed by atoms with Gasteiger partial charge in [-0.1, -0.05) is 61.7 Å². The molecule has 0 nitrogen and oxygen atoms in total. The quantitative estimate of drug-likeness (QED) is 0.329. The highest BCUT2D eigenvalue weighted by molar-refractivity contribution is 6.31. The van der Waals surface area contributed by atoms with E-state index in [0.717, 1.165) is 42.3 Å². The summed E-state index contributed by atoms with van der Waals surface area (Å²) in [6, 6.07) is 11.0. The molecule has 3 aromatic carbocycles. The maximum absolute atomic E-state index is 14.9. The van der Waals surface area contributed by atoms with Gasteiger partial charge in [0.25, 0.3) is 0 Å². The summed E-state index contributed by atoms with van der Waals surface area (Å²) in [6.45, 7) is 2.15. The van der Waals surface area contributed by atoms with E-state index in [0.29, 0.717) is 5.39 Å². The van der Waals surface area contributed by atoms with Crippen LogP contribution in [-0.4, -0.2) is 0 Å². The van der Waals surface area contributed by atoms with Gasteiger partial charge in [0, 0.05) is 10.9 Å². The van der Waals surface area contributed by atoms with Crippen LogP contribution in [0.1, 0.15) is 31.7 Å². The fourth-order valence-electron chi connectivity index (χ4n) is 3.01. The molecule has 25 heavy (non-hydrogen) atoms. The van der Waals surface area contributed by atoms with Crippen molar-refractivity contribution in [1.29, 1.82) is 0 Å². The van der Waals surface area contributed by atoms with Crippen molar-refractivity contribution in [3.8, 4) is 11.1 Å². The number of aryl methyl sites for hydroxylation is 1. The lowest BCUT2D eigenvalue weighted by Crippen LogP contribution is -1.92. The number of rotatable bonds is 5. The molecule has 0 atom stereocenters. The van der Waals surface area contributed by atoms with Crippen molar-refractivity contribution in [3.63, 3.8) is 0 Å². The molecule has 0 aromatic heterocycles. The zero-order chi connectivity index (χ0) is 18.0. The third-order valence-corrected chi connectivity index (χ3v) is 4.74. The Hall–Kier alpha value is -2.00. The van der Waals surface area contributed by atoms with E-state index in [1.54, 1.807) is 18.2 Å². The van der Waals surface area contributed by atoms with Crippen LogP contribution in [0.4, 0.5) is 13.2 Å². The number of hydrogen-bond acceptors (Lipinski definition) is 0. The number of fused-ring (bicyclic) bond motifs is 1. The Bertz CT molecular complexity index is 895. The van der Waals surface area contributed by atoms with Crippen LogP contribution in [0.3, 0.4) is 0 Å². The smallest absolute Gasteiger partial charge is 0.145 e. The minimum atomic E-state index is -0.901. The molecule has 130 valence electrons. The lowest BCUT2D eigenvalue weighted by Gasteiger charge is -2.10. The van der Waals surface area contributed by atoms with Gasteiger partial charge in [-0.3, -0.25) is 0 Å². The molecule has 4 heteroatoms. The lowest BCUT2D eigenvalue weighted by molar-refractivity contribution is 0.584. The van der Waals surface area contributed by atoms with Crippen LogP contribution in [0, 0.1) is 17.5 Å². The molecule has 0 saturated heterocycles. The fraction of sp³-hybridized carbons (Fsp3) is 0.238. The summed E-state index contributed by atoms with van der Waals surface area (Å²) < 4.78 is 42.2. The molecule has 0 radical (unpaired) electrons. The Morgan fingerprint density at radius 1 is 0.880 bits per heavy atom. The molecule has 0 bridgehead atoms. The van der Waals surface area contributed by atoms with E-state index in [4.69, 9.17) is 11.6 Å². The average Bonchev–Trinajstić information content (AvgIpc) is 2.60. The van der Waals surface area contributed by atoms with Gasteiger partial charge in [-0.25, -0.2) is 13.2 Å². The van der Waals surface area contributed by atoms with E-state index in [-0.39, 0.29) is 11.1 Å². The SMILES string of the molecule is CCCCCc1ccc2c(F)c(-c3cc(F)c(Cl)c(F)c3)ccc2c1. The van der Waals surface area contributed by atoms with Gasteiger partial charge >= 0.3 is 0 Å². The molecule has 0 N–H and O–H groups in total. The maximum Gasteiger partial charge on any atom is 0.145 e. The minimum absolute atomic E-state index is 0.130. The van der Waals surface area contributed by atoms with Crippen molar-refractivity contribution in [2.75, 3.05) is 0 Å². The van der Waals surface area contributed by atoms with Crippen LogP contribution >= 0.6 is 11.6 Å². The maximum atomic E-state index is 14.9. The zero-order valence-electron chi connectivity index (χ0n) is 13.9. The van der Waals surface area contributed by atoms with Gasteiger partial charge in [0.1, 0.15) is 22.5 Å². The number of unbranched alkanes of at least 4 members (excludes halogenated alkanes) is 2. The van der Waals surface area contributed by atoms with Crippen molar-refractivity contribution in [2.45, 2.75) is 32.6 Å². The number of halogens is 4. The number of benzene rings is 3. The molecule has 0 amide bonds. The molecular formula is C21H18ClF3. The van der Waals surface area contributed by atoms with Crippen LogP contribution in [0.2, 0.25) is 5.02 Å². The summed E-state index contributed by atoms with van der Waals surface area (Å²) in [5.41, 5.74) is 1.45. The summed E-state index contributed by atoms with van der Waals surface area (Å²) in [5.74, 6) is -2.29. The second kappa shape index (κ2) is 7.49.